The van der Waals surface area contributed by atoms with Crippen LogP contribution in [0.1, 0.15) is 33.0 Å². The first kappa shape index (κ1) is 18.5. The minimum atomic E-state index is -0.258. The number of thiophene rings is 1. The first-order valence-electron chi connectivity index (χ1n) is 8.67. The Balaban J connectivity index is 1.54. The van der Waals surface area contributed by atoms with Crippen LogP contribution in [0.3, 0.4) is 0 Å². The summed E-state index contributed by atoms with van der Waals surface area (Å²) in [6.45, 7) is 3.02. The summed E-state index contributed by atoms with van der Waals surface area (Å²) in [6, 6.07) is 3.76. The van der Waals surface area contributed by atoms with E-state index in [2.05, 4.69) is 15.6 Å². The van der Waals surface area contributed by atoms with Gasteiger partial charge in [0.1, 0.15) is 0 Å². The molecule has 1 saturated heterocycles. The Morgan fingerprint density at radius 1 is 1.46 bits per heavy atom. The fourth-order valence-electron chi connectivity index (χ4n) is 3.07. The molecule has 9 heteroatoms. The fourth-order valence-corrected chi connectivity index (χ4v) is 3.76. The number of likely N-dealkylation sites (tertiary alicyclic amines) is 1. The van der Waals surface area contributed by atoms with E-state index in [1.807, 2.05) is 22.4 Å². The van der Waals surface area contributed by atoms with E-state index in [1.54, 1.807) is 18.0 Å². The van der Waals surface area contributed by atoms with E-state index in [9.17, 15) is 9.59 Å². The lowest BCUT2D eigenvalue weighted by Crippen LogP contribution is -2.40. The highest BCUT2D eigenvalue weighted by Gasteiger charge is 2.25. The molecule has 0 bridgehead atoms. The summed E-state index contributed by atoms with van der Waals surface area (Å²) in [4.78, 5) is 27.2. The zero-order chi connectivity index (χ0) is 18.4. The monoisotopic (exact) mass is 377 g/mol. The Morgan fingerprint density at radius 3 is 3.12 bits per heavy atom. The molecule has 0 radical (unpaired) electrons. The van der Waals surface area contributed by atoms with Crippen LogP contribution in [0.15, 0.2) is 23.7 Å². The van der Waals surface area contributed by atoms with E-state index in [0.717, 1.165) is 24.3 Å². The summed E-state index contributed by atoms with van der Waals surface area (Å²) in [7, 11) is 1.58. The van der Waals surface area contributed by atoms with Gasteiger partial charge in [-0.1, -0.05) is 11.3 Å². The summed E-state index contributed by atoms with van der Waals surface area (Å²) in [6.07, 6.45) is 3.66. The molecule has 3 heterocycles. The molecule has 8 nitrogen and oxygen atoms in total. The molecule has 0 saturated carbocycles. The van der Waals surface area contributed by atoms with Gasteiger partial charge in [0.2, 0.25) is 0 Å². The number of nitrogens with one attached hydrogen (secondary N) is 1. The SMILES string of the molecule is COCCNC(=O)c1cn(C[C@H]2CCCN(C(=O)c3cccs3)C2)nn1. The van der Waals surface area contributed by atoms with Crippen LogP contribution in [0.2, 0.25) is 0 Å². The average Bonchev–Trinajstić information content (AvgIpc) is 3.33. The quantitative estimate of drug-likeness (QED) is 0.734. The third-order valence-electron chi connectivity index (χ3n) is 4.35. The highest BCUT2D eigenvalue weighted by atomic mass is 32.1. The van der Waals surface area contributed by atoms with Crippen LogP contribution in [0.25, 0.3) is 0 Å². The molecule has 0 unspecified atom stereocenters. The van der Waals surface area contributed by atoms with Gasteiger partial charge >= 0.3 is 0 Å². The van der Waals surface area contributed by atoms with Crippen molar-refractivity contribution in [3.8, 4) is 0 Å². The van der Waals surface area contributed by atoms with Crippen molar-refractivity contribution in [3.63, 3.8) is 0 Å². The van der Waals surface area contributed by atoms with Crippen LogP contribution >= 0.6 is 11.3 Å². The van der Waals surface area contributed by atoms with Gasteiger partial charge in [-0.25, -0.2) is 0 Å². The smallest absolute Gasteiger partial charge is 0.273 e. The second-order valence-corrected chi connectivity index (χ2v) is 7.26. The predicted molar refractivity (Wildman–Crippen MR) is 97.2 cm³/mol. The first-order chi connectivity index (χ1) is 12.7. The molecule has 26 heavy (non-hydrogen) atoms. The normalized spacial score (nSPS) is 17.3. The Morgan fingerprint density at radius 2 is 2.35 bits per heavy atom. The minimum Gasteiger partial charge on any atom is -0.383 e. The molecule has 2 amide bonds. The highest BCUT2D eigenvalue weighted by Crippen LogP contribution is 2.21. The molecule has 2 aromatic rings. The fraction of sp³-hybridized carbons (Fsp3) is 0.529. The summed E-state index contributed by atoms with van der Waals surface area (Å²) >= 11 is 1.47. The van der Waals surface area contributed by atoms with Crippen LogP contribution < -0.4 is 5.32 Å². The number of amides is 2. The summed E-state index contributed by atoms with van der Waals surface area (Å²) in [5, 5.41) is 12.6. The van der Waals surface area contributed by atoms with Gasteiger partial charge in [-0.2, -0.15) is 0 Å². The molecule has 1 N–H and O–H groups in total. The zero-order valence-electron chi connectivity index (χ0n) is 14.8. The maximum absolute atomic E-state index is 12.5. The van der Waals surface area contributed by atoms with Crippen molar-refractivity contribution in [1.82, 2.24) is 25.2 Å². The number of nitrogens with zero attached hydrogens (tertiary/aromatic N) is 4. The van der Waals surface area contributed by atoms with Gasteiger partial charge in [0, 0.05) is 33.3 Å². The second-order valence-electron chi connectivity index (χ2n) is 6.31. The predicted octanol–water partition coefficient (Wildman–Crippen LogP) is 1.27. The number of methoxy groups -OCH3 is 1. The van der Waals surface area contributed by atoms with Crippen molar-refractivity contribution in [1.29, 1.82) is 0 Å². The van der Waals surface area contributed by atoms with E-state index in [4.69, 9.17) is 4.74 Å². The summed E-state index contributed by atoms with van der Waals surface area (Å²) < 4.78 is 6.59. The third kappa shape index (κ3) is 4.67. The van der Waals surface area contributed by atoms with Crippen molar-refractivity contribution in [2.75, 3.05) is 33.4 Å². The number of carbonyl (C=O) groups is 2. The van der Waals surface area contributed by atoms with Crippen LogP contribution in [-0.2, 0) is 11.3 Å². The molecule has 0 aliphatic carbocycles. The second kappa shape index (κ2) is 8.91. The van der Waals surface area contributed by atoms with E-state index in [-0.39, 0.29) is 11.8 Å². The Hall–Kier alpha value is -2.26. The van der Waals surface area contributed by atoms with Gasteiger partial charge in [0.15, 0.2) is 5.69 Å². The van der Waals surface area contributed by atoms with Gasteiger partial charge in [0.05, 0.1) is 17.7 Å². The molecular formula is C17H23N5O3S. The number of piperidine rings is 1. The molecule has 0 spiro atoms. The van der Waals surface area contributed by atoms with Crippen molar-refractivity contribution >= 4 is 23.2 Å². The van der Waals surface area contributed by atoms with Crippen molar-refractivity contribution < 1.29 is 14.3 Å². The third-order valence-corrected chi connectivity index (χ3v) is 5.20. The minimum absolute atomic E-state index is 0.0986. The molecule has 1 aliphatic rings. The van der Waals surface area contributed by atoms with Gasteiger partial charge in [-0.05, 0) is 30.2 Å². The lowest BCUT2D eigenvalue weighted by Gasteiger charge is -2.32. The van der Waals surface area contributed by atoms with Gasteiger partial charge in [0.25, 0.3) is 11.8 Å². The topological polar surface area (TPSA) is 89.4 Å². The van der Waals surface area contributed by atoms with Crippen LogP contribution in [-0.4, -0.2) is 65.1 Å². The lowest BCUT2D eigenvalue weighted by atomic mass is 9.98. The Labute approximate surface area is 156 Å². The maximum Gasteiger partial charge on any atom is 0.273 e. The molecule has 0 aromatic carbocycles. The van der Waals surface area contributed by atoms with E-state index in [1.165, 1.54) is 11.3 Å². The lowest BCUT2D eigenvalue weighted by molar-refractivity contribution is 0.0664. The number of ether oxygens (including phenoxy) is 1. The molecule has 1 atom stereocenters. The molecule has 1 aliphatic heterocycles. The van der Waals surface area contributed by atoms with Crippen LogP contribution in [0, 0.1) is 5.92 Å². The van der Waals surface area contributed by atoms with E-state index >= 15 is 0 Å². The zero-order valence-corrected chi connectivity index (χ0v) is 15.6. The van der Waals surface area contributed by atoms with Gasteiger partial charge < -0.3 is 15.0 Å². The Kier molecular flexibility index (Phi) is 6.35. The van der Waals surface area contributed by atoms with Crippen molar-refractivity contribution in [2.24, 2.45) is 5.92 Å². The molecular weight excluding hydrogens is 354 g/mol. The number of aromatic nitrogens is 3. The molecule has 1 fully saturated rings. The van der Waals surface area contributed by atoms with E-state index < -0.39 is 0 Å². The van der Waals surface area contributed by atoms with E-state index in [0.29, 0.717) is 37.9 Å². The highest BCUT2D eigenvalue weighted by molar-refractivity contribution is 7.12. The number of hydrogen-bond donors (Lipinski definition) is 1. The standard InChI is InChI=1S/C17H23N5O3S/c1-25-8-6-18-16(23)14-12-22(20-19-14)11-13-4-2-7-21(10-13)17(24)15-5-3-9-26-15/h3,5,9,12-13H,2,4,6-8,10-11H2,1H3,(H,18,23)/t13-/m0/s1. The number of rotatable bonds is 7. The molecule has 3 rings (SSSR count). The average molecular weight is 377 g/mol. The summed E-state index contributed by atoms with van der Waals surface area (Å²) in [5.74, 6) is 0.145. The van der Waals surface area contributed by atoms with Crippen LogP contribution in [0.4, 0.5) is 0 Å². The molecule has 2 aromatic heterocycles. The van der Waals surface area contributed by atoms with Gasteiger partial charge in [-0.15, -0.1) is 16.4 Å². The number of carbonyl (C=O) groups excluding carboxylic acids is 2. The molecule has 140 valence electrons. The van der Waals surface area contributed by atoms with Gasteiger partial charge in [-0.3, -0.25) is 14.3 Å². The summed E-state index contributed by atoms with van der Waals surface area (Å²) in [5.41, 5.74) is 0.295. The first-order valence-corrected chi connectivity index (χ1v) is 9.55. The Bertz CT molecular complexity index is 731. The largest absolute Gasteiger partial charge is 0.383 e. The van der Waals surface area contributed by atoms with Crippen molar-refractivity contribution in [3.05, 3.63) is 34.3 Å². The van der Waals surface area contributed by atoms with Crippen LogP contribution in [0.5, 0.6) is 0 Å². The number of hydrogen-bond acceptors (Lipinski definition) is 6. The maximum atomic E-state index is 12.5. The van der Waals surface area contributed by atoms with Crippen molar-refractivity contribution in [2.45, 2.75) is 19.4 Å².